The van der Waals surface area contributed by atoms with E-state index in [0.717, 1.165) is 44.0 Å². The molecule has 0 amide bonds. The lowest BCUT2D eigenvalue weighted by atomic mass is 10.1. The standard InChI is InChI=1S/C59H35N5S/c1-2-12-36(13-3-1)39-26-28-44(29-27-39)63-50-20-10-8-18-45(50)48-34-49-46-30-31-52-55(56(46)65-54(49)35-53(48)63)47-19-9-11-21-51(47)64(52)59-61-57(42-24-22-37-14-4-6-16-40(37)32-42)60-58(62-59)43-25-23-38-15-5-7-17-41(38)33-43/h1-35H. The van der Waals surface area contributed by atoms with Crippen LogP contribution in [-0.2, 0) is 0 Å². The lowest BCUT2D eigenvalue weighted by molar-refractivity contribution is 0.954. The summed E-state index contributed by atoms with van der Waals surface area (Å²) in [5.41, 5.74) is 9.96. The van der Waals surface area contributed by atoms with E-state index >= 15 is 0 Å². The Bertz CT molecular complexity index is 4140. The predicted octanol–water partition coefficient (Wildman–Crippen LogP) is 15.7. The minimum atomic E-state index is 0.586. The molecule has 10 aromatic carbocycles. The number of rotatable bonds is 5. The lowest BCUT2D eigenvalue weighted by Crippen LogP contribution is -2.06. The van der Waals surface area contributed by atoms with Gasteiger partial charge in [-0.25, -0.2) is 4.98 Å². The quantitative estimate of drug-likeness (QED) is 0.173. The van der Waals surface area contributed by atoms with E-state index in [4.69, 9.17) is 15.0 Å². The van der Waals surface area contributed by atoms with Gasteiger partial charge >= 0.3 is 0 Å². The average Bonchev–Trinajstić information content (AvgIpc) is 4.02. The van der Waals surface area contributed by atoms with E-state index in [-0.39, 0.29) is 0 Å². The molecular formula is C59H35N5S. The molecule has 4 heterocycles. The van der Waals surface area contributed by atoms with Gasteiger partial charge in [-0.05, 0) is 87.3 Å². The first-order valence-electron chi connectivity index (χ1n) is 21.9. The van der Waals surface area contributed by atoms with Crippen LogP contribution in [0.3, 0.4) is 0 Å². The van der Waals surface area contributed by atoms with Crippen LogP contribution >= 0.6 is 11.3 Å². The second-order valence-corrected chi connectivity index (χ2v) is 17.9. The Morgan fingerprint density at radius 1 is 0.323 bits per heavy atom. The first kappa shape index (κ1) is 36.1. The first-order valence-corrected chi connectivity index (χ1v) is 22.7. The molecule has 0 aliphatic carbocycles. The van der Waals surface area contributed by atoms with E-state index in [1.54, 1.807) is 0 Å². The van der Waals surface area contributed by atoms with Crippen LogP contribution in [0.25, 0.3) is 131 Å². The summed E-state index contributed by atoms with van der Waals surface area (Å²) in [6.45, 7) is 0. The third-order valence-corrected chi connectivity index (χ3v) is 14.3. The summed E-state index contributed by atoms with van der Waals surface area (Å²) in [5, 5.41) is 12.0. The number of benzene rings is 10. The Labute approximate surface area is 376 Å². The predicted molar refractivity (Wildman–Crippen MR) is 273 cm³/mol. The summed E-state index contributed by atoms with van der Waals surface area (Å²) in [5.74, 6) is 1.85. The minimum Gasteiger partial charge on any atom is -0.309 e. The van der Waals surface area contributed by atoms with Crippen LogP contribution in [0.2, 0.25) is 0 Å². The molecule has 5 nitrogen and oxygen atoms in total. The smallest absolute Gasteiger partial charge is 0.238 e. The zero-order valence-electron chi connectivity index (χ0n) is 34.9. The second-order valence-electron chi connectivity index (χ2n) is 16.8. The van der Waals surface area contributed by atoms with Crippen molar-refractivity contribution in [3.8, 4) is 45.5 Å². The number of fused-ring (bicyclic) bond motifs is 12. The number of thiophene rings is 1. The average molecular weight is 846 g/mol. The molecule has 0 radical (unpaired) electrons. The largest absolute Gasteiger partial charge is 0.309 e. The van der Waals surface area contributed by atoms with Crippen LogP contribution in [-0.4, -0.2) is 24.1 Å². The van der Waals surface area contributed by atoms with Crippen molar-refractivity contribution in [1.29, 1.82) is 0 Å². The van der Waals surface area contributed by atoms with Gasteiger partial charge in [-0.2, -0.15) is 9.97 Å². The van der Waals surface area contributed by atoms with Gasteiger partial charge in [-0.15, -0.1) is 11.3 Å². The zero-order valence-corrected chi connectivity index (χ0v) is 35.7. The molecule has 0 spiro atoms. The fourth-order valence-corrected chi connectivity index (χ4v) is 11.3. The van der Waals surface area contributed by atoms with Crippen molar-refractivity contribution in [3.63, 3.8) is 0 Å². The molecule has 65 heavy (non-hydrogen) atoms. The molecule has 0 N–H and O–H groups in total. The van der Waals surface area contributed by atoms with Gasteiger partial charge in [-0.3, -0.25) is 4.57 Å². The fraction of sp³-hybridized carbons (Fsp3) is 0. The van der Waals surface area contributed by atoms with Gasteiger partial charge in [0.15, 0.2) is 11.6 Å². The molecule has 6 heteroatoms. The maximum atomic E-state index is 5.33. The number of para-hydroxylation sites is 2. The number of aromatic nitrogens is 5. The molecule has 302 valence electrons. The molecule has 4 aromatic heterocycles. The van der Waals surface area contributed by atoms with Gasteiger partial charge in [0, 0.05) is 58.5 Å². The molecule has 0 saturated heterocycles. The van der Waals surface area contributed by atoms with Gasteiger partial charge in [-0.1, -0.05) is 158 Å². The van der Waals surface area contributed by atoms with Gasteiger partial charge in [0.25, 0.3) is 0 Å². The minimum absolute atomic E-state index is 0.586. The summed E-state index contributed by atoms with van der Waals surface area (Å²) >= 11 is 1.87. The Kier molecular flexibility index (Phi) is 7.79. The molecule has 0 aliphatic rings. The highest BCUT2D eigenvalue weighted by atomic mass is 32.1. The summed E-state index contributed by atoms with van der Waals surface area (Å²) in [6, 6.07) is 76.2. The molecule has 0 fully saturated rings. The molecule has 14 aromatic rings. The van der Waals surface area contributed by atoms with Gasteiger partial charge in [0.1, 0.15) is 0 Å². The van der Waals surface area contributed by atoms with E-state index in [2.05, 4.69) is 221 Å². The third kappa shape index (κ3) is 5.61. The normalized spacial score (nSPS) is 12.0. The molecule has 0 atom stereocenters. The summed E-state index contributed by atoms with van der Waals surface area (Å²) in [6.07, 6.45) is 0. The van der Waals surface area contributed by atoms with E-state index in [1.807, 2.05) is 11.3 Å². The van der Waals surface area contributed by atoms with E-state index < -0.39 is 0 Å². The van der Waals surface area contributed by atoms with Crippen molar-refractivity contribution in [3.05, 3.63) is 212 Å². The van der Waals surface area contributed by atoms with Crippen LogP contribution < -0.4 is 0 Å². The SMILES string of the molecule is c1ccc(-c2ccc(-n3c4ccccc4c4cc5c(cc43)sc3c5ccc4c3c3ccccc3n4-c3nc(-c4ccc5ccccc5c4)nc(-c4ccc5ccccc5c4)n3)cc2)cc1. The van der Waals surface area contributed by atoms with Crippen molar-refractivity contribution in [2.45, 2.75) is 0 Å². The van der Waals surface area contributed by atoms with Crippen molar-refractivity contribution >= 4 is 96.7 Å². The number of nitrogens with zero attached hydrogens (tertiary/aromatic N) is 5. The monoisotopic (exact) mass is 845 g/mol. The van der Waals surface area contributed by atoms with Crippen LogP contribution in [0.5, 0.6) is 0 Å². The van der Waals surface area contributed by atoms with E-state index in [1.165, 1.54) is 69.3 Å². The third-order valence-electron chi connectivity index (χ3n) is 13.1. The van der Waals surface area contributed by atoms with Crippen LogP contribution in [0.15, 0.2) is 212 Å². The van der Waals surface area contributed by atoms with E-state index in [0.29, 0.717) is 17.6 Å². The molecule has 0 unspecified atom stereocenters. The summed E-state index contributed by atoms with van der Waals surface area (Å²) < 4.78 is 7.16. The van der Waals surface area contributed by atoms with Gasteiger partial charge in [0.05, 0.1) is 22.1 Å². The molecule has 0 saturated carbocycles. The summed E-state index contributed by atoms with van der Waals surface area (Å²) in [4.78, 5) is 15.8. The first-order chi connectivity index (χ1) is 32.2. The molecule has 0 bridgehead atoms. The topological polar surface area (TPSA) is 48.5 Å². The molecule has 14 rings (SSSR count). The molecule has 0 aliphatic heterocycles. The highest BCUT2D eigenvalue weighted by Crippen LogP contribution is 2.46. The van der Waals surface area contributed by atoms with Crippen molar-refractivity contribution in [2.75, 3.05) is 0 Å². The fourth-order valence-electron chi connectivity index (χ4n) is 10.1. The van der Waals surface area contributed by atoms with Crippen LogP contribution in [0.4, 0.5) is 0 Å². The number of hydrogen-bond donors (Lipinski definition) is 0. The highest BCUT2D eigenvalue weighted by Gasteiger charge is 2.22. The Balaban J connectivity index is 0.992. The maximum Gasteiger partial charge on any atom is 0.238 e. The zero-order chi connectivity index (χ0) is 42.6. The summed E-state index contributed by atoms with van der Waals surface area (Å²) in [7, 11) is 0. The lowest BCUT2D eigenvalue weighted by Gasteiger charge is -2.12. The van der Waals surface area contributed by atoms with Crippen LogP contribution in [0, 0.1) is 0 Å². The van der Waals surface area contributed by atoms with Crippen LogP contribution in [0.1, 0.15) is 0 Å². The Morgan fingerprint density at radius 2 is 0.892 bits per heavy atom. The van der Waals surface area contributed by atoms with Crippen molar-refractivity contribution < 1.29 is 0 Å². The molecular weight excluding hydrogens is 811 g/mol. The van der Waals surface area contributed by atoms with Gasteiger partial charge in [0.2, 0.25) is 5.95 Å². The maximum absolute atomic E-state index is 5.33. The van der Waals surface area contributed by atoms with Crippen molar-refractivity contribution in [1.82, 2.24) is 24.1 Å². The number of hydrogen-bond acceptors (Lipinski definition) is 4. The van der Waals surface area contributed by atoms with Crippen molar-refractivity contribution in [2.24, 2.45) is 0 Å². The highest BCUT2D eigenvalue weighted by molar-refractivity contribution is 7.26. The van der Waals surface area contributed by atoms with E-state index in [9.17, 15) is 0 Å². The van der Waals surface area contributed by atoms with Gasteiger partial charge < -0.3 is 4.57 Å². The Morgan fingerprint density at radius 3 is 1.58 bits per heavy atom. The second kappa shape index (κ2) is 14.0. The Hall–Kier alpha value is -8.45.